The van der Waals surface area contributed by atoms with Crippen LogP contribution < -0.4 is 5.32 Å². The molecule has 1 aromatic carbocycles. The van der Waals surface area contributed by atoms with E-state index in [-0.39, 0.29) is 5.54 Å². The Labute approximate surface area is 126 Å². The molecule has 2 aromatic rings. The molecule has 3 rings (SSSR count). The molecule has 4 heteroatoms. The molecule has 21 heavy (non-hydrogen) atoms. The van der Waals surface area contributed by atoms with E-state index in [1.807, 2.05) is 36.5 Å². The first-order chi connectivity index (χ1) is 10.2. The van der Waals surface area contributed by atoms with Crippen LogP contribution in [0.1, 0.15) is 25.7 Å². The van der Waals surface area contributed by atoms with E-state index in [1.54, 1.807) is 0 Å². The zero-order valence-corrected chi connectivity index (χ0v) is 12.8. The number of nitrogens with zero attached hydrogens (tertiary/aromatic N) is 2. The minimum absolute atomic E-state index is 0.280. The number of benzene rings is 1. The van der Waals surface area contributed by atoms with Gasteiger partial charge in [0.15, 0.2) is 5.76 Å². The lowest BCUT2D eigenvalue weighted by Gasteiger charge is -2.38. The van der Waals surface area contributed by atoms with Crippen molar-refractivity contribution < 1.29 is 4.42 Å². The topological polar surface area (TPSA) is 41.3 Å². The van der Waals surface area contributed by atoms with Crippen LogP contribution in [0.4, 0.5) is 0 Å². The molecule has 1 aliphatic heterocycles. The second-order valence-electron chi connectivity index (χ2n) is 6.07. The number of aromatic nitrogens is 1. The van der Waals surface area contributed by atoms with Crippen molar-refractivity contribution in [2.24, 2.45) is 0 Å². The highest BCUT2D eigenvalue weighted by molar-refractivity contribution is 5.55. The van der Waals surface area contributed by atoms with E-state index >= 15 is 0 Å². The molecule has 2 heterocycles. The molecular formula is C17H23N3O. The fourth-order valence-electron chi connectivity index (χ4n) is 2.77. The fraction of sp³-hybridized carbons (Fsp3) is 0.471. The van der Waals surface area contributed by atoms with Gasteiger partial charge in [-0.2, -0.15) is 0 Å². The number of piperidine rings is 1. The van der Waals surface area contributed by atoms with E-state index in [1.165, 1.54) is 0 Å². The molecule has 0 saturated carbocycles. The molecule has 0 spiro atoms. The summed E-state index contributed by atoms with van der Waals surface area (Å²) in [4.78, 5) is 6.84. The van der Waals surface area contributed by atoms with Gasteiger partial charge in [0.2, 0.25) is 5.89 Å². The van der Waals surface area contributed by atoms with Crippen molar-refractivity contribution in [2.75, 3.05) is 20.1 Å². The van der Waals surface area contributed by atoms with Crippen molar-refractivity contribution in [3.05, 3.63) is 42.4 Å². The molecule has 0 bridgehead atoms. The van der Waals surface area contributed by atoms with Crippen LogP contribution in [0.2, 0.25) is 0 Å². The van der Waals surface area contributed by atoms with Crippen LogP contribution in [0.25, 0.3) is 11.3 Å². The first-order valence-corrected chi connectivity index (χ1v) is 7.60. The monoisotopic (exact) mass is 285 g/mol. The van der Waals surface area contributed by atoms with Crippen LogP contribution in [0, 0.1) is 0 Å². The van der Waals surface area contributed by atoms with Crippen molar-refractivity contribution in [1.82, 2.24) is 15.2 Å². The molecule has 4 nitrogen and oxygen atoms in total. The van der Waals surface area contributed by atoms with Gasteiger partial charge in [-0.1, -0.05) is 30.3 Å². The van der Waals surface area contributed by atoms with Gasteiger partial charge in [-0.05, 0) is 26.8 Å². The van der Waals surface area contributed by atoms with E-state index in [4.69, 9.17) is 4.42 Å². The standard InChI is InChI=1S/C17H23N3O/c1-17(18-2)8-10-20(11-9-17)13-16-19-12-15(21-16)14-6-4-3-5-7-14/h3-7,12,18H,8-11,13H2,1-2H3. The van der Waals surface area contributed by atoms with Crippen LogP contribution in [-0.4, -0.2) is 35.6 Å². The fourth-order valence-corrected chi connectivity index (χ4v) is 2.77. The van der Waals surface area contributed by atoms with Gasteiger partial charge in [0, 0.05) is 24.2 Å². The maximum Gasteiger partial charge on any atom is 0.209 e. The lowest BCUT2D eigenvalue weighted by Crippen LogP contribution is -2.49. The summed E-state index contributed by atoms with van der Waals surface area (Å²) in [6.07, 6.45) is 4.15. The van der Waals surface area contributed by atoms with Crippen molar-refractivity contribution in [3.8, 4) is 11.3 Å². The summed E-state index contributed by atoms with van der Waals surface area (Å²) in [5.74, 6) is 1.66. The van der Waals surface area contributed by atoms with Crippen LogP contribution >= 0.6 is 0 Å². The summed E-state index contributed by atoms with van der Waals surface area (Å²) in [6, 6.07) is 10.1. The molecule has 1 aromatic heterocycles. The molecule has 0 aliphatic carbocycles. The van der Waals surface area contributed by atoms with E-state index in [9.17, 15) is 0 Å². The van der Waals surface area contributed by atoms with E-state index < -0.39 is 0 Å². The van der Waals surface area contributed by atoms with Crippen LogP contribution in [0.3, 0.4) is 0 Å². The number of nitrogens with one attached hydrogen (secondary N) is 1. The van der Waals surface area contributed by atoms with Crippen molar-refractivity contribution in [2.45, 2.75) is 31.8 Å². The van der Waals surface area contributed by atoms with Crippen LogP contribution in [-0.2, 0) is 6.54 Å². The Balaban J connectivity index is 1.61. The van der Waals surface area contributed by atoms with Gasteiger partial charge >= 0.3 is 0 Å². The predicted octanol–water partition coefficient (Wildman–Crippen LogP) is 2.92. The lowest BCUT2D eigenvalue weighted by molar-refractivity contribution is 0.137. The van der Waals surface area contributed by atoms with E-state index in [0.29, 0.717) is 0 Å². The second-order valence-corrected chi connectivity index (χ2v) is 6.07. The maximum absolute atomic E-state index is 5.88. The second kappa shape index (κ2) is 6.00. The first-order valence-electron chi connectivity index (χ1n) is 7.60. The normalized spacial score (nSPS) is 18.8. The minimum Gasteiger partial charge on any atom is -0.439 e. The summed E-state index contributed by atoms with van der Waals surface area (Å²) in [5, 5.41) is 3.42. The van der Waals surface area contributed by atoms with Crippen LogP contribution in [0.5, 0.6) is 0 Å². The predicted molar refractivity (Wildman–Crippen MR) is 83.9 cm³/mol. The SMILES string of the molecule is CNC1(C)CCN(Cc2ncc(-c3ccccc3)o2)CC1. The summed E-state index contributed by atoms with van der Waals surface area (Å²) in [5.41, 5.74) is 1.36. The van der Waals surface area contributed by atoms with E-state index in [0.717, 1.165) is 49.7 Å². The summed E-state index contributed by atoms with van der Waals surface area (Å²) < 4.78 is 5.88. The third kappa shape index (κ3) is 3.34. The Kier molecular flexibility index (Phi) is 4.08. The van der Waals surface area contributed by atoms with Gasteiger partial charge < -0.3 is 9.73 Å². The Bertz CT molecular complexity index is 571. The quantitative estimate of drug-likeness (QED) is 0.938. The number of oxazole rings is 1. The molecule has 0 atom stereocenters. The first kappa shape index (κ1) is 14.3. The van der Waals surface area contributed by atoms with Crippen molar-refractivity contribution in [3.63, 3.8) is 0 Å². The summed E-state index contributed by atoms with van der Waals surface area (Å²) in [6.45, 7) is 5.26. The van der Waals surface area contributed by atoms with Crippen LogP contribution in [0.15, 0.2) is 40.9 Å². The van der Waals surface area contributed by atoms with Gasteiger partial charge in [-0.3, -0.25) is 4.90 Å². The molecule has 1 N–H and O–H groups in total. The van der Waals surface area contributed by atoms with Gasteiger partial charge in [0.25, 0.3) is 0 Å². The molecule has 1 saturated heterocycles. The zero-order chi connectivity index (χ0) is 14.7. The smallest absolute Gasteiger partial charge is 0.209 e. The van der Waals surface area contributed by atoms with Gasteiger partial charge in [-0.15, -0.1) is 0 Å². The number of hydrogen-bond donors (Lipinski definition) is 1. The molecule has 0 amide bonds. The van der Waals surface area contributed by atoms with Crippen molar-refractivity contribution in [1.29, 1.82) is 0 Å². The largest absolute Gasteiger partial charge is 0.439 e. The molecule has 0 unspecified atom stereocenters. The highest BCUT2D eigenvalue weighted by Gasteiger charge is 2.28. The number of likely N-dealkylation sites (tertiary alicyclic amines) is 1. The highest BCUT2D eigenvalue weighted by Crippen LogP contribution is 2.24. The van der Waals surface area contributed by atoms with Gasteiger partial charge in [0.1, 0.15) is 0 Å². The Morgan fingerprint density at radius 2 is 1.95 bits per heavy atom. The van der Waals surface area contributed by atoms with Gasteiger partial charge in [-0.25, -0.2) is 4.98 Å². The molecular weight excluding hydrogens is 262 g/mol. The lowest BCUT2D eigenvalue weighted by atomic mass is 9.90. The molecule has 0 radical (unpaired) electrons. The number of hydrogen-bond acceptors (Lipinski definition) is 4. The summed E-state index contributed by atoms with van der Waals surface area (Å²) >= 11 is 0. The molecule has 112 valence electrons. The molecule has 1 aliphatic rings. The Morgan fingerprint density at radius 1 is 1.24 bits per heavy atom. The maximum atomic E-state index is 5.88. The zero-order valence-electron chi connectivity index (χ0n) is 12.8. The minimum atomic E-state index is 0.280. The summed E-state index contributed by atoms with van der Waals surface area (Å²) in [7, 11) is 2.05. The average Bonchev–Trinajstić information content (AvgIpc) is 2.99. The molecule has 1 fully saturated rings. The average molecular weight is 285 g/mol. The highest BCUT2D eigenvalue weighted by atomic mass is 16.4. The Morgan fingerprint density at radius 3 is 2.62 bits per heavy atom. The number of rotatable bonds is 4. The van der Waals surface area contributed by atoms with Gasteiger partial charge in [0.05, 0.1) is 12.7 Å². The third-order valence-electron chi connectivity index (χ3n) is 4.53. The third-order valence-corrected chi connectivity index (χ3v) is 4.53. The Hall–Kier alpha value is -1.65. The van der Waals surface area contributed by atoms with Crippen molar-refractivity contribution >= 4 is 0 Å². The van der Waals surface area contributed by atoms with E-state index in [2.05, 4.69) is 29.2 Å².